The number of hydrogen-bond acceptors (Lipinski definition) is 4. The number of nitrogens with one attached hydrogen (secondary N) is 1. The molecule has 6 nitrogen and oxygen atoms in total. The van der Waals surface area contributed by atoms with Crippen molar-refractivity contribution in [1.82, 2.24) is 0 Å². The van der Waals surface area contributed by atoms with Gasteiger partial charge in [0, 0.05) is 5.56 Å². The molecule has 0 aliphatic rings. The first-order valence-electron chi connectivity index (χ1n) is 6.81. The largest absolute Gasteiger partial charge is 0.495 e. The summed E-state index contributed by atoms with van der Waals surface area (Å²) in [4.78, 5) is 12.3. The van der Waals surface area contributed by atoms with Crippen molar-refractivity contribution in [3.8, 4) is 5.75 Å². The Morgan fingerprint density at radius 1 is 1.09 bits per heavy atom. The van der Waals surface area contributed by atoms with E-state index in [1.54, 1.807) is 12.1 Å². The van der Waals surface area contributed by atoms with Crippen LogP contribution in [0.4, 0.5) is 5.69 Å². The highest BCUT2D eigenvalue weighted by molar-refractivity contribution is 7.89. The van der Waals surface area contributed by atoms with E-state index < -0.39 is 10.0 Å². The maximum Gasteiger partial charge on any atom is 0.255 e. The Bertz CT molecular complexity index is 840. The van der Waals surface area contributed by atoms with Crippen LogP contribution < -0.4 is 15.2 Å². The predicted molar refractivity (Wildman–Crippen MR) is 88.2 cm³/mol. The molecule has 2 aromatic rings. The SMILES string of the molecule is COc1ccc(S(N)(=O)=O)cc1NC(=O)c1cc(C)cc(C)c1. The lowest BCUT2D eigenvalue weighted by Gasteiger charge is -2.12. The van der Waals surface area contributed by atoms with E-state index in [0.717, 1.165) is 11.1 Å². The Hall–Kier alpha value is -2.38. The number of benzene rings is 2. The summed E-state index contributed by atoms with van der Waals surface area (Å²) in [5.74, 6) is -0.0169. The summed E-state index contributed by atoms with van der Waals surface area (Å²) in [6, 6.07) is 9.49. The Kier molecular flexibility index (Phi) is 4.72. The zero-order chi connectivity index (χ0) is 17.2. The van der Waals surface area contributed by atoms with E-state index >= 15 is 0 Å². The van der Waals surface area contributed by atoms with Crippen molar-refractivity contribution >= 4 is 21.6 Å². The lowest BCUT2D eigenvalue weighted by atomic mass is 10.1. The van der Waals surface area contributed by atoms with Crippen LogP contribution in [0.2, 0.25) is 0 Å². The average Bonchev–Trinajstić information content (AvgIpc) is 2.45. The van der Waals surface area contributed by atoms with Gasteiger partial charge < -0.3 is 10.1 Å². The monoisotopic (exact) mass is 334 g/mol. The third-order valence-electron chi connectivity index (χ3n) is 3.23. The van der Waals surface area contributed by atoms with Crippen LogP contribution in [0.3, 0.4) is 0 Å². The lowest BCUT2D eigenvalue weighted by molar-refractivity contribution is 0.102. The van der Waals surface area contributed by atoms with Crippen LogP contribution in [0.1, 0.15) is 21.5 Å². The highest BCUT2D eigenvalue weighted by Gasteiger charge is 2.15. The van der Waals surface area contributed by atoms with E-state index in [-0.39, 0.29) is 16.5 Å². The second-order valence-electron chi connectivity index (χ2n) is 5.24. The van der Waals surface area contributed by atoms with Crippen LogP contribution >= 0.6 is 0 Å². The van der Waals surface area contributed by atoms with Gasteiger partial charge in [-0.2, -0.15) is 0 Å². The van der Waals surface area contributed by atoms with Gasteiger partial charge in [0.1, 0.15) is 5.75 Å². The van der Waals surface area contributed by atoms with Gasteiger partial charge in [-0.25, -0.2) is 13.6 Å². The number of anilines is 1. The highest BCUT2D eigenvalue weighted by atomic mass is 32.2. The Balaban J connectivity index is 2.40. The van der Waals surface area contributed by atoms with E-state index in [4.69, 9.17) is 9.88 Å². The number of carbonyl (C=O) groups is 1. The summed E-state index contributed by atoms with van der Waals surface area (Å²) in [5.41, 5.74) is 2.63. The normalized spacial score (nSPS) is 11.1. The maximum absolute atomic E-state index is 12.4. The number of carbonyl (C=O) groups excluding carboxylic acids is 1. The first kappa shape index (κ1) is 17.0. The quantitative estimate of drug-likeness (QED) is 0.895. The lowest BCUT2D eigenvalue weighted by Crippen LogP contribution is -2.15. The van der Waals surface area contributed by atoms with E-state index in [2.05, 4.69) is 5.32 Å². The molecule has 0 atom stereocenters. The predicted octanol–water partition coefficient (Wildman–Crippen LogP) is 2.21. The van der Waals surface area contributed by atoms with Crippen LogP contribution in [0.5, 0.6) is 5.75 Å². The van der Waals surface area contributed by atoms with Crippen molar-refractivity contribution < 1.29 is 17.9 Å². The second-order valence-corrected chi connectivity index (χ2v) is 6.80. The third kappa shape index (κ3) is 4.08. The van der Waals surface area contributed by atoms with Gasteiger partial charge in [0.25, 0.3) is 5.91 Å². The molecule has 0 unspecified atom stereocenters. The molecule has 0 heterocycles. The van der Waals surface area contributed by atoms with Crippen molar-refractivity contribution in [2.75, 3.05) is 12.4 Å². The molecule has 0 aliphatic carbocycles. The number of sulfonamides is 1. The average molecular weight is 334 g/mol. The van der Waals surface area contributed by atoms with Crippen molar-refractivity contribution in [2.45, 2.75) is 18.7 Å². The number of rotatable bonds is 4. The van der Waals surface area contributed by atoms with Gasteiger partial charge in [-0.3, -0.25) is 4.79 Å². The molecule has 0 saturated heterocycles. The number of nitrogens with two attached hydrogens (primary N) is 1. The minimum Gasteiger partial charge on any atom is -0.495 e. The molecule has 23 heavy (non-hydrogen) atoms. The summed E-state index contributed by atoms with van der Waals surface area (Å²) in [7, 11) is -2.44. The van der Waals surface area contributed by atoms with Gasteiger partial charge in [-0.15, -0.1) is 0 Å². The topological polar surface area (TPSA) is 98.5 Å². The van der Waals surface area contributed by atoms with Gasteiger partial charge >= 0.3 is 0 Å². The zero-order valence-corrected chi connectivity index (χ0v) is 13.9. The molecule has 2 rings (SSSR count). The van der Waals surface area contributed by atoms with Gasteiger partial charge in [-0.05, 0) is 44.2 Å². The van der Waals surface area contributed by atoms with E-state index in [9.17, 15) is 13.2 Å². The Morgan fingerprint density at radius 2 is 1.70 bits per heavy atom. The highest BCUT2D eigenvalue weighted by Crippen LogP contribution is 2.27. The summed E-state index contributed by atoms with van der Waals surface area (Å²) in [6.07, 6.45) is 0. The summed E-state index contributed by atoms with van der Waals surface area (Å²) < 4.78 is 28.1. The van der Waals surface area contributed by atoms with Crippen LogP contribution in [-0.4, -0.2) is 21.4 Å². The van der Waals surface area contributed by atoms with Crippen molar-refractivity contribution in [3.63, 3.8) is 0 Å². The van der Waals surface area contributed by atoms with Crippen LogP contribution in [-0.2, 0) is 10.0 Å². The maximum atomic E-state index is 12.4. The van der Waals surface area contributed by atoms with Crippen molar-refractivity contribution in [2.24, 2.45) is 5.14 Å². The number of ether oxygens (including phenoxy) is 1. The number of amides is 1. The Morgan fingerprint density at radius 3 is 2.22 bits per heavy atom. The summed E-state index contributed by atoms with van der Waals surface area (Å²) >= 11 is 0. The molecule has 2 aromatic carbocycles. The number of hydrogen-bond donors (Lipinski definition) is 2. The second kappa shape index (κ2) is 6.39. The van der Waals surface area contributed by atoms with Crippen LogP contribution in [0.15, 0.2) is 41.3 Å². The van der Waals surface area contributed by atoms with Gasteiger partial charge in [0.05, 0.1) is 17.7 Å². The fraction of sp³-hybridized carbons (Fsp3) is 0.188. The molecular formula is C16H18N2O4S. The minimum absolute atomic E-state index is 0.103. The van der Waals surface area contributed by atoms with Crippen molar-refractivity contribution in [3.05, 3.63) is 53.1 Å². The molecule has 0 bridgehead atoms. The van der Waals surface area contributed by atoms with Crippen LogP contribution in [0.25, 0.3) is 0 Å². The molecule has 0 saturated carbocycles. The Labute approximate surface area is 135 Å². The number of methoxy groups -OCH3 is 1. The number of aryl methyl sites for hydroxylation is 2. The third-order valence-corrected chi connectivity index (χ3v) is 4.14. The smallest absolute Gasteiger partial charge is 0.255 e. The standard InChI is InChI=1S/C16H18N2O4S/c1-10-6-11(2)8-12(7-10)16(19)18-14-9-13(23(17,20)21)4-5-15(14)22-3/h4-9H,1-3H3,(H,18,19)(H2,17,20,21). The molecule has 3 N–H and O–H groups in total. The minimum atomic E-state index is -3.87. The molecule has 0 radical (unpaired) electrons. The first-order chi connectivity index (χ1) is 10.7. The zero-order valence-electron chi connectivity index (χ0n) is 13.1. The fourth-order valence-electron chi connectivity index (χ4n) is 2.26. The van der Waals surface area contributed by atoms with E-state index in [0.29, 0.717) is 11.3 Å². The van der Waals surface area contributed by atoms with Crippen molar-refractivity contribution in [1.29, 1.82) is 0 Å². The molecule has 0 aromatic heterocycles. The summed E-state index contributed by atoms with van der Waals surface area (Å²) in [5, 5.41) is 7.78. The van der Waals surface area contributed by atoms with Crippen LogP contribution in [0, 0.1) is 13.8 Å². The molecular weight excluding hydrogens is 316 g/mol. The van der Waals surface area contributed by atoms with E-state index in [1.165, 1.54) is 25.3 Å². The molecule has 0 fully saturated rings. The van der Waals surface area contributed by atoms with Gasteiger partial charge in [-0.1, -0.05) is 17.2 Å². The number of primary sulfonamides is 1. The fourth-order valence-corrected chi connectivity index (χ4v) is 2.80. The summed E-state index contributed by atoms with van der Waals surface area (Å²) in [6.45, 7) is 3.79. The molecule has 7 heteroatoms. The van der Waals surface area contributed by atoms with Gasteiger partial charge in [0.15, 0.2) is 0 Å². The molecule has 122 valence electrons. The van der Waals surface area contributed by atoms with E-state index in [1.807, 2.05) is 19.9 Å². The first-order valence-corrected chi connectivity index (χ1v) is 8.36. The molecule has 0 spiro atoms. The molecule has 0 aliphatic heterocycles. The molecule has 1 amide bonds. The van der Waals surface area contributed by atoms with Gasteiger partial charge in [0.2, 0.25) is 10.0 Å².